The highest BCUT2D eigenvalue weighted by atomic mass is 35.5. The number of carbonyl (C=O) groups is 1. The Balaban J connectivity index is 2.63. The van der Waals surface area contributed by atoms with Gasteiger partial charge in [0.2, 0.25) is 0 Å². The van der Waals surface area contributed by atoms with Gasteiger partial charge in [0, 0.05) is 12.6 Å². The van der Waals surface area contributed by atoms with Crippen LogP contribution in [-0.4, -0.2) is 47.7 Å². The van der Waals surface area contributed by atoms with Crippen LogP contribution >= 0.6 is 11.6 Å². The third-order valence-corrected chi connectivity index (χ3v) is 3.25. The van der Waals surface area contributed by atoms with Crippen molar-refractivity contribution in [3.05, 3.63) is 10.7 Å². The van der Waals surface area contributed by atoms with Gasteiger partial charge in [-0.2, -0.15) is 5.10 Å². The number of carbonyl (C=O) groups excluding carboxylic acids is 1. The van der Waals surface area contributed by atoms with Gasteiger partial charge in [-0.25, -0.2) is 0 Å². The van der Waals surface area contributed by atoms with Gasteiger partial charge < -0.3 is 16.0 Å². The molecule has 102 valence electrons. The lowest BCUT2D eigenvalue weighted by Crippen LogP contribution is -2.43. The van der Waals surface area contributed by atoms with Gasteiger partial charge >= 0.3 is 0 Å². The van der Waals surface area contributed by atoms with Gasteiger partial charge in [0.15, 0.2) is 5.82 Å². The van der Waals surface area contributed by atoms with E-state index in [-0.39, 0.29) is 28.5 Å². The van der Waals surface area contributed by atoms with E-state index in [9.17, 15) is 4.79 Å². The van der Waals surface area contributed by atoms with Crippen molar-refractivity contribution < 1.29 is 4.79 Å². The van der Waals surface area contributed by atoms with Crippen LogP contribution in [0.15, 0.2) is 0 Å². The molecule has 1 aromatic rings. The molecular formula is C11H20ClN5O. The quantitative estimate of drug-likeness (QED) is 0.746. The van der Waals surface area contributed by atoms with Crippen LogP contribution < -0.4 is 11.1 Å². The summed E-state index contributed by atoms with van der Waals surface area (Å²) in [5, 5.41) is 9.20. The van der Waals surface area contributed by atoms with Gasteiger partial charge in [-0.1, -0.05) is 25.4 Å². The minimum atomic E-state index is -0.295. The number of H-pyrrole nitrogens is 1. The van der Waals surface area contributed by atoms with Crippen LogP contribution in [0, 0.1) is 5.92 Å². The molecule has 0 unspecified atom stereocenters. The number of anilines is 1. The van der Waals surface area contributed by atoms with Crippen LogP contribution in [0.4, 0.5) is 5.82 Å². The first kappa shape index (κ1) is 14.8. The summed E-state index contributed by atoms with van der Waals surface area (Å²) >= 11 is 5.85. The Labute approximate surface area is 112 Å². The molecule has 1 rings (SSSR count). The highest BCUT2D eigenvalue weighted by Gasteiger charge is 2.20. The summed E-state index contributed by atoms with van der Waals surface area (Å²) in [6.45, 7) is 4.76. The molecule has 6 nitrogen and oxygen atoms in total. The molecule has 1 atom stereocenters. The molecular weight excluding hydrogens is 254 g/mol. The Morgan fingerprint density at radius 1 is 1.56 bits per heavy atom. The van der Waals surface area contributed by atoms with Crippen molar-refractivity contribution in [1.29, 1.82) is 0 Å². The normalized spacial score (nSPS) is 13.1. The van der Waals surface area contributed by atoms with E-state index in [0.29, 0.717) is 12.5 Å². The molecule has 0 spiro atoms. The van der Waals surface area contributed by atoms with E-state index in [1.807, 2.05) is 14.1 Å². The third kappa shape index (κ3) is 3.36. The number of nitrogens with zero attached hydrogens (tertiary/aromatic N) is 2. The van der Waals surface area contributed by atoms with Gasteiger partial charge in [-0.05, 0) is 20.0 Å². The summed E-state index contributed by atoms with van der Waals surface area (Å²) in [6.07, 6.45) is 0. The molecule has 18 heavy (non-hydrogen) atoms. The summed E-state index contributed by atoms with van der Waals surface area (Å²) in [7, 11) is 3.97. The number of nitrogens with one attached hydrogen (secondary N) is 2. The van der Waals surface area contributed by atoms with E-state index in [2.05, 4.69) is 34.3 Å². The van der Waals surface area contributed by atoms with Crippen LogP contribution in [0.1, 0.15) is 24.3 Å². The molecule has 0 saturated carbocycles. The second-order valence-electron chi connectivity index (χ2n) is 4.78. The highest BCUT2D eigenvalue weighted by molar-refractivity contribution is 6.35. The molecule has 1 aromatic heterocycles. The lowest BCUT2D eigenvalue weighted by atomic mass is 10.0. The number of rotatable bonds is 5. The Bertz CT molecular complexity index is 408. The number of likely N-dealkylation sites (N-methyl/N-ethyl adjacent to an activating group) is 1. The summed E-state index contributed by atoms with van der Waals surface area (Å²) in [5.41, 5.74) is 5.67. The summed E-state index contributed by atoms with van der Waals surface area (Å²) < 4.78 is 0. The maximum absolute atomic E-state index is 11.9. The fourth-order valence-corrected chi connectivity index (χ4v) is 1.96. The maximum Gasteiger partial charge on any atom is 0.270 e. The number of halogens is 1. The van der Waals surface area contributed by atoms with Gasteiger partial charge in [0.1, 0.15) is 10.7 Å². The van der Waals surface area contributed by atoms with E-state index in [4.69, 9.17) is 17.3 Å². The van der Waals surface area contributed by atoms with E-state index < -0.39 is 0 Å². The second kappa shape index (κ2) is 6.06. The predicted octanol–water partition coefficient (Wildman–Crippen LogP) is 0.961. The van der Waals surface area contributed by atoms with E-state index in [0.717, 1.165) is 0 Å². The highest BCUT2D eigenvalue weighted by Crippen LogP contribution is 2.19. The first-order chi connectivity index (χ1) is 8.34. The SMILES string of the molecule is CC(C)[C@@H](CNC(=O)c1[nH]nc(N)c1Cl)N(C)C. The Hall–Kier alpha value is -1.27. The number of nitrogen functional groups attached to an aromatic ring is 1. The minimum absolute atomic E-state index is 0.134. The lowest BCUT2D eigenvalue weighted by Gasteiger charge is -2.27. The molecule has 0 radical (unpaired) electrons. The summed E-state index contributed by atoms with van der Waals surface area (Å²) in [4.78, 5) is 14.0. The zero-order valence-electron chi connectivity index (χ0n) is 11.1. The summed E-state index contributed by atoms with van der Waals surface area (Å²) in [6, 6.07) is 0.257. The predicted molar refractivity (Wildman–Crippen MR) is 72.7 cm³/mol. The molecule has 0 bridgehead atoms. The number of hydrogen-bond donors (Lipinski definition) is 3. The van der Waals surface area contributed by atoms with Crippen LogP contribution in [0.2, 0.25) is 5.02 Å². The first-order valence-corrected chi connectivity index (χ1v) is 6.16. The van der Waals surface area contributed by atoms with Crippen molar-refractivity contribution in [1.82, 2.24) is 20.4 Å². The maximum atomic E-state index is 11.9. The molecule has 0 aliphatic carbocycles. The first-order valence-electron chi connectivity index (χ1n) is 5.78. The number of aromatic nitrogens is 2. The largest absolute Gasteiger partial charge is 0.381 e. The number of nitrogens with two attached hydrogens (primary N) is 1. The Kier molecular flexibility index (Phi) is 4.98. The van der Waals surface area contributed by atoms with Crippen molar-refractivity contribution in [2.45, 2.75) is 19.9 Å². The van der Waals surface area contributed by atoms with Crippen LogP contribution in [0.5, 0.6) is 0 Å². The lowest BCUT2D eigenvalue weighted by molar-refractivity contribution is 0.0930. The van der Waals surface area contributed by atoms with Gasteiger partial charge in [-0.3, -0.25) is 9.89 Å². The molecule has 4 N–H and O–H groups in total. The topological polar surface area (TPSA) is 87.0 Å². The molecule has 1 amide bonds. The van der Waals surface area contributed by atoms with Gasteiger partial charge in [0.05, 0.1) is 0 Å². The number of amides is 1. The van der Waals surface area contributed by atoms with Crippen molar-refractivity contribution in [3.8, 4) is 0 Å². The fraction of sp³-hybridized carbons (Fsp3) is 0.636. The standard InChI is InChI=1S/C11H20ClN5O/c1-6(2)7(17(3)4)5-14-11(18)9-8(12)10(13)16-15-9/h6-7H,5H2,1-4H3,(H,14,18)(H3,13,15,16)/t7-/m1/s1. The Morgan fingerprint density at radius 2 is 2.17 bits per heavy atom. The third-order valence-electron chi connectivity index (χ3n) is 2.86. The molecule has 0 fully saturated rings. The van der Waals surface area contributed by atoms with Gasteiger partial charge in [0.25, 0.3) is 5.91 Å². The van der Waals surface area contributed by atoms with Crippen molar-refractivity contribution >= 4 is 23.3 Å². The van der Waals surface area contributed by atoms with Crippen molar-refractivity contribution in [2.75, 3.05) is 26.4 Å². The average Bonchev–Trinajstić information content (AvgIpc) is 2.58. The molecule has 7 heteroatoms. The molecule has 0 saturated heterocycles. The van der Waals surface area contributed by atoms with Crippen molar-refractivity contribution in [3.63, 3.8) is 0 Å². The summed E-state index contributed by atoms with van der Waals surface area (Å²) in [5.74, 6) is 0.272. The zero-order valence-corrected chi connectivity index (χ0v) is 11.9. The molecule has 0 aliphatic rings. The van der Waals surface area contributed by atoms with Crippen LogP contribution in [-0.2, 0) is 0 Å². The zero-order chi connectivity index (χ0) is 13.9. The van der Waals surface area contributed by atoms with Crippen LogP contribution in [0.3, 0.4) is 0 Å². The fourth-order valence-electron chi connectivity index (χ4n) is 1.79. The number of hydrogen-bond acceptors (Lipinski definition) is 4. The average molecular weight is 274 g/mol. The Morgan fingerprint density at radius 3 is 2.56 bits per heavy atom. The second-order valence-corrected chi connectivity index (χ2v) is 5.16. The smallest absolute Gasteiger partial charge is 0.270 e. The number of aromatic amines is 1. The molecule has 0 aromatic carbocycles. The molecule has 1 heterocycles. The van der Waals surface area contributed by atoms with Crippen LogP contribution in [0.25, 0.3) is 0 Å². The van der Waals surface area contributed by atoms with E-state index >= 15 is 0 Å². The molecule has 0 aliphatic heterocycles. The minimum Gasteiger partial charge on any atom is -0.381 e. The van der Waals surface area contributed by atoms with Gasteiger partial charge in [-0.15, -0.1) is 0 Å². The van der Waals surface area contributed by atoms with E-state index in [1.54, 1.807) is 0 Å². The van der Waals surface area contributed by atoms with E-state index in [1.165, 1.54) is 0 Å². The van der Waals surface area contributed by atoms with Crippen molar-refractivity contribution in [2.24, 2.45) is 5.92 Å². The monoisotopic (exact) mass is 273 g/mol.